The topological polar surface area (TPSA) is 45.7 Å². The zero-order valence-corrected chi connectivity index (χ0v) is 15.7. The highest BCUT2D eigenvalue weighted by Crippen LogP contribution is 2.25. The van der Waals surface area contributed by atoms with Gasteiger partial charge in [-0.05, 0) is 50.1 Å². The van der Waals surface area contributed by atoms with E-state index in [1.54, 1.807) is 23.1 Å². The molecule has 1 aliphatic heterocycles. The predicted octanol–water partition coefficient (Wildman–Crippen LogP) is 4.08. The van der Waals surface area contributed by atoms with Crippen LogP contribution >= 0.6 is 0 Å². The number of aromatic nitrogens is 1. The van der Waals surface area contributed by atoms with E-state index >= 15 is 0 Å². The van der Waals surface area contributed by atoms with Crippen molar-refractivity contribution >= 4 is 11.9 Å². The Morgan fingerprint density at radius 1 is 1.00 bits per heavy atom. The third-order valence-corrected chi connectivity index (χ3v) is 4.21. The van der Waals surface area contributed by atoms with Crippen LogP contribution < -0.4 is 4.90 Å². The van der Waals surface area contributed by atoms with Gasteiger partial charge in [0.2, 0.25) is 5.95 Å². The average Bonchev–Trinajstić information content (AvgIpc) is 2.60. The normalized spacial score (nSPS) is 15.0. The zero-order chi connectivity index (χ0) is 19.6. The first-order chi connectivity index (χ1) is 12.7. The molecule has 1 aliphatic rings. The Bertz CT molecular complexity index is 811. The van der Waals surface area contributed by atoms with Gasteiger partial charge in [-0.15, -0.1) is 0 Å². The summed E-state index contributed by atoms with van der Waals surface area (Å²) in [5.41, 5.74) is 0.806. The number of hydrogen-bond donors (Lipinski definition) is 0. The Morgan fingerprint density at radius 2 is 1.63 bits per heavy atom. The Balaban J connectivity index is 1.71. The number of rotatable bonds is 2. The van der Waals surface area contributed by atoms with Gasteiger partial charge >= 0.3 is 6.09 Å². The number of nitrogens with zero attached hydrogens (tertiary/aromatic N) is 3. The van der Waals surface area contributed by atoms with Crippen molar-refractivity contribution in [3.63, 3.8) is 0 Å². The minimum absolute atomic E-state index is 0.341. The number of amides is 1. The number of benzene rings is 1. The Hall–Kier alpha value is -2.70. The van der Waals surface area contributed by atoms with Gasteiger partial charge in [0.25, 0.3) is 0 Å². The number of ether oxygens (including phenoxy) is 1. The minimum atomic E-state index is -0.596. The molecular weight excluding hydrogens is 352 g/mol. The molecule has 1 aromatic heterocycles. The maximum Gasteiger partial charge on any atom is 0.410 e. The van der Waals surface area contributed by atoms with Gasteiger partial charge in [0.1, 0.15) is 17.2 Å². The molecule has 27 heavy (non-hydrogen) atoms. The van der Waals surface area contributed by atoms with E-state index in [9.17, 15) is 13.6 Å². The number of halogens is 2. The van der Waals surface area contributed by atoms with Crippen LogP contribution in [0.4, 0.5) is 19.4 Å². The van der Waals surface area contributed by atoms with Crippen molar-refractivity contribution < 1.29 is 18.3 Å². The lowest BCUT2D eigenvalue weighted by atomic mass is 10.1. The lowest BCUT2D eigenvalue weighted by molar-refractivity contribution is 0.0240. The summed E-state index contributed by atoms with van der Waals surface area (Å²) in [6.07, 6.45) is -0.346. The van der Waals surface area contributed by atoms with E-state index < -0.39 is 11.5 Å². The smallest absolute Gasteiger partial charge is 0.410 e. The standard InChI is InChI=1S/C20H23F2N3O2/c1-20(2,3)27-19(26)25-10-8-24(9-11-25)18-13-15(12-17(22)23-18)14-4-6-16(21)7-5-14/h4-7,12-13H,8-11H2,1-3H3. The summed E-state index contributed by atoms with van der Waals surface area (Å²) < 4.78 is 32.5. The summed E-state index contributed by atoms with van der Waals surface area (Å²) in [5.74, 6) is -0.439. The van der Waals surface area contributed by atoms with Crippen molar-refractivity contribution in [3.05, 3.63) is 48.2 Å². The second-order valence-corrected chi connectivity index (χ2v) is 7.50. The van der Waals surface area contributed by atoms with E-state index in [0.717, 1.165) is 0 Å². The summed E-state index contributed by atoms with van der Waals surface area (Å²) in [4.78, 5) is 19.7. The SMILES string of the molecule is CC(C)(C)OC(=O)N1CCN(c2cc(-c3ccc(F)cc3)cc(F)n2)CC1. The lowest BCUT2D eigenvalue weighted by Crippen LogP contribution is -2.50. The predicted molar refractivity (Wildman–Crippen MR) is 99.6 cm³/mol. The van der Waals surface area contributed by atoms with Crippen molar-refractivity contribution in [3.8, 4) is 11.1 Å². The summed E-state index contributed by atoms with van der Waals surface area (Å²) in [6, 6.07) is 9.00. The summed E-state index contributed by atoms with van der Waals surface area (Å²) >= 11 is 0. The first kappa shape index (κ1) is 19.1. The molecule has 0 atom stereocenters. The van der Waals surface area contributed by atoms with Crippen molar-refractivity contribution in [2.45, 2.75) is 26.4 Å². The average molecular weight is 375 g/mol. The van der Waals surface area contributed by atoms with Crippen LogP contribution in [0.2, 0.25) is 0 Å². The van der Waals surface area contributed by atoms with E-state index in [4.69, 9.17) is 4.74 Å². The van der Waals surface area contributed by atoms with Gasteiger partial charge in [-0.3, -0.25) is 0 Å². The van der Waals surface area contributed by atoms with Gasteiger partial charge in [-0.1, -0.05) is 12.1 Å². The summed E-state index contributed by atoms with van der Waals surface area (Å²) in [5, 5.41) is 0. The van der Waals surface area contributed by atoms with Gasteiger partial charge in [0.05, 0.1) is 0 Å². The van der Waals surface area contributed by atoms with Crippen LogP contribution in [0.15, 0.2) is 36.4 Å². The Morgan fingerprint density at radius 3 is 2.22 bits per heavy atom. The van der Waals surface area contributed by atoms with Crippen LogP contribution in [-0.4, -0.2) is 47.8 Å². The van der Waals surface area contributed by atoms with Crippen LogP contribution in [0.25, 0.3) is 11.1 Å². The largest absolute Gasteiger partial charge is 0.444 e. The van der Waals surface area contributed by atoms with E-state index in [1.165, 1.54) is 18.2 Å². The molecule has 5 nitrogen and oxygen atoms in total. The first-order valence-electron chi connectivity index (χ1n) is 8.88. The van der Waals surface area contributed by atoms with Crippen molar-refractivity contribution in [1.82, 2.24) is 9.88 Å². The van der Waals surface area contributed by atoms with E-state index in [2.05, 4.69) is 4.98 Å². The molecule has 0 spiro atoms. The third-order valence-electron chi connectivity index (χ3n) is 4.21. The van der Waals surface area contributed by atoms with Gasteiger partial charge in [-0.2, -0.15) is 4.39 Å². The van der Waals surface area contributed by atoms with Crippen LogP contribution in [0.1, 0.15) is 20.8 Å². The Labute approximate surface area is 157 Å². The van der Waals surface area contributed by atoms with E-state index in [1.807, 2.05) is 25.7 Å². The van der Waals surface area contributed by atoms with Gasteiger partial charge in [-0.25, -0.2) is 14.2 Å². The molecule has 0 radical (unpaired) electrons. The Kier molecular flexibility index (Phi) is 5.30. The molecule has 7 heteroatoms. The molecular formula is C20H23F2N3O2. The molecule has 2 heterocycles. The lowest BCUT2D eigenvalue weighted by Gasteiger charge is -2.36. The molecule has 3 rings (SSSR count). The monoisotopic (exact) mass is 375 g/mol. The number of carbonyl (C=O) groups excluding carboxylic acids is 1. The fraction of sp³-hybridized carbons (Fsp3) is 0.400. The molecule has 1 fully saturated rings. The quantitative estimate of drug-likeness (QED) is 0.742. The van der Waals surface area contributed by atoms with Crippen LogP contribution in [0.3, 0.4) is 0 Å². The molecule has 0 unspecified atom stereocenters. The zero-order valence-electron chi connectivity index (χ0n) is 15.7. The second-order valence-electron chi connectivity index (χ2n) is 7.50. The fourth-order valence-electron chi connectivity index (χ4n) is 2.90. The molecule has 1 saturated heterocycles. The number of piperazine rings is 1. The highest BCUT2D eigenvalue weighted by Gasteiger charge is 2.26. The third kappa shape index (κ3) is 4.93. The fourth-order valence-corrected chi connectivity index (χ4v) is 2.90. The molecule has 0 bridgehead atoms. The number of anilines is 1. The molecule has 1 amide bonds. The van der Waals surface area contributed by atoms with Crippen LogP contribution in [0, 0.1) is 11.8 Å². The number of pyridine rings is 1. The molecule has 1 aromatic carbocycles. The number of hydrogen-bond acceptors (Lipinski definition) is 4. The minimum Gasteiger partial charge on any atom is -0.444 e. The molecule has 0 saturated carbocycles. The van der Waals surface area contributed by atoms with Crippen molar-refractivity contribution in [1.29, 1.82) is 0 Å². The maximum absolute atomic E-state index is 14.0. The van der Waals surface area contributed by atoms with Gasteiger partial charge in [0, 0.05) is 32.2 Å². The highest BCUT2D eigenvalue weighted by molar-refractivity contribution is 5.69. The highest BCUT2D eigenvalue weighted by atomic mass is 19.1. The van der Waals surface area contributed by atoms with E-state index in [0.29, 0.717) is 43.1 Å². The number of carbonyl (C=O) groups is 1. The van der Waals surface area contributed by atoms with Crippen molar-refractivity contribution in [2.75, 3.05) is 31.1 Å². The second kappa shape index (κ2) is 7.50. The van der Waals surface area contributed by atoms with E-state index in [-0.39, 0.29) is 11.9 Å². The molecule has 0 N–H and O–H groups in total. The van der Waals surface area contributed by atoms with Gasteiger partial charge in [0.15, 0.2) is 0 Å². The van der Waals surface area contributed by atoms with Crippen LogP contribution in [-0.2, 0) is 4.74 Å². The summed E-state index contributed by atoms with van der Waals surface area (Å²) in [6.45, 7) is 7.48. The van der Waals surface area contributed by atoms with Crippen LogP contribution in [0.5, 0.6) is 0 Å². The van der Waals surface area contributed by atoms with Gasteiger partial charge < -0.3 is 14.5 Å². The summed E-state index contributed by atoms with van der Waals surface area (Å²) in [7, 11) is 0. The molecule has 0 aliphatic carbocycles. The molecule has 2 aromatic rings. The molecule has 144 valence electrons. The van der Waals surface area contributed by atoms with Crippen molar-refractivity contribution in [2.24, 2.45) is 0 Å². The first-order valence-corrected chi connectivity index (χ1v) is 8.88. The maximum atomic E-state index is 14.0.